The number of aryl methyl sites for hydroxylation is 2. The lowest BCUT2D eigenvalue weighted by atomic mass is 9.99. The number of aromatic nitrogens is 1. The van der Waals surface area contributed by atoms with E-state index in [1.807, 2.05) is 35.2 Å². The van der Waals surface area contributed by atoms with Gasteiger partial charge in [-0.15, -0.1) is 0 Å². The Balaban J connectivity index is 2.07. The number of nitrogens with zero attached hydrogens (tertiary/aromatic N) is 2. The number of hydrogen-bond acceptors (Lipinski definition) is 3. The summed E-state index contributed by atoms with van der Waals surface area (Å²) in [5.74, 6) is 0. The smallest absolute Gasteiger partial charge is 0.120 e. The van der Waals surface area contributed by atoms with E-state index >= 15 is 0 Å². The molecule has 130 valence electrons. The van der Waals surface area contributed by atoms with Gasteiger partial charge in [-0.25, -0.2) is 4.98 Å². The van der Waals surface area contributed by atoms with E-state index in [9.17, 15) is 5.11 Å². The van der Waals surface area contributed by atoms with Crippen LogP contribution < -0.4 is 4.90 Å². The standard InChI is InChI=1S/C23H22N2O/c1-15-9-10-21-18(11-15)13-20-22(24-21)12-16(2)17(3)23(20)25(14-26)19-7-5-4-6-8-19/h4-13,26H,14H2,1-3H3. The topological polar surface area (TPSA) is 36.4 Å². The summed E-state index contributed by atoms with van der Waals surface area (Å²) in [6, 6.07) is 20.6. The van der Waals surface area contributed by atoms with Crippen molar-refractivity contribution in [2.75, 3.05) is 11.6 Å². The van der Waals surface area contributed by atoms with Gasteiger partial charge in [0, 0.05) is 16.5 Å². The highest BCUT2D eigenvalue weighted by Gasteiger charge is 2.17. The van der Waals surface area contributed by atoms with E-state index in [4.69, 9.17) is 4.98 Å². The van der Waals surface area contributed by atoms with E-state index in [-0.39, 0.29) is 6.73 Å². The first-order valence-corrected chi connectivity index (χ1v) is 8.83. The third-order valence-electron chi connectivity index (χ3n) is 5.03. The van der Waals surface area contributed by atoms with Crippen molar-refractivity contribution in [3.8, 4) is 0 Å². The number of pyridine rings is 1. The van der Waals surface area contributed by atoms with Crippen LogP contribution in [0.2, 0.25) is 0 Å². The molecule has 0 fully saturated rings. The molecule has 0 atom stereocenters. The molecule has 0 aliphatic carbocycles. The number of benzene rings is 3. The molecule has 0 spiro atoms. The Hall–Kier alpha value is -2.91. The van der Waals surface area contributed by atoms with Gasteiger partial charge in [-0.05, 0) is 68.3 Å². The van der Waals surface area contributed by atoms with Gasteiger partial charge in [-0.2, -0.15) is 0 Å². The molecule has 0 radical (unpaired) electrons. The average Bonchev–Trinajstić information content (AvgIpc) is 2.65. The molecule has 3 nitrogen and oxygen atoms in total. The second kappa shape index (κ2) is 6.43. The number of anilines is 2. The Morgan fingerprint density at radius 2 is 1.65 bits per heavy atom. The molecule has 0 aliphatic heterocycles. The van der Waals surface area contributed by atoms with Crippen LogP contribution in [0.3, 0.4) is 0 Å². The van der Waals surface area contributed by atoms with Crippen molar-refractivity contribution < 1.29 is 5.11 Å². The fourth-order valence-corrected chi connectivity index (χ4v) is 3.55. The fraction of sp³-hybridized carbons (Fsp3) is 0.174. The number of fused-ring (bicyclic) bond motifs is 2. The first-order chi connectivity index (χ1) is 12.6. The summed E-state index contributed by atoms with van der Waals surface area (Å²) in [4.78, 5) is 6.84. The second-order valence-electron chi connectivity index (χ2n) is 6.82. The van der Waals surface area contributed by atoms with E-state index in [1.54, 1.807) is 0 Å². The zero-order valence-corrected chi connectivity index (χ0v) is 15.3. The quantitative estimate of drug-likeness (QED) is 0.400. The van der Waals surface area contributed by atoms with Crippen molar-refractivity contribution in [1.82, 2.24) is 4.98 Å². The SMILES string of the molecule is Cc1ccc2nc3cc(C)c(C)c(N(CO)c4ccccc4)c3cc2c1. The van der Waals surface area contributed by atoms with E-state index in [0.29, 0.717) is 0 Å². The van der Waals surface area contributed by atoms with Crippen LogP contribution in [0.1, 0.15) is 16.7 Å². The van der Waals surface area contributed by atoms with Gasteiger partial charge in [0.05, 0.1) is 16.7 Å². The zero-order chi connectivity index (χ0) is 18.3. The summed E-state index contributed by atoms with van der Waals surface area (Å²) in [5.41, 5.74) is 7.47. The molecule has 0 unspecified atom stereocenters. The second-order valence-corrected chi connectivity index (χ2v) is 6.82. The highest BCUT2D eigenvalue weighted by Crippen LogP contribution is 2.37. The van der Waals surface area contributed by atoms with Crippen molar-refractivity contribution in [3.63, 3.8) is 0 Å². The molecule has 3 heteroatoms. The third-order valence-corrected chi connectivity index (χ3v) is 5.03. The Bertz CT molecular complexity index is 1100. The highest BCUT2D eigenvalue weighted by atomic mass is 16.3. The summed E-state index contributed by atoms with van der Waals surface area (Å²) < 4.78 is 0. The normalized spacial score (nSPS) is 11.2. The predicted octanol–water partition coefficient (Wildman–Crippen LogP) is 5.40. The molecule has 4 aromatic rings. The van der Waals surface area contributed by atoms with Gasteiger partial charge in [-0.1, -0.05) is 29.8 Å². The molecule has 26 heavy (non-hydrogen) atoms. The highest BCUT2D eigenvalue weighted by molar-refractivity contribution is 6.02. The van der Waals surface area contributed by atoms with Gasteiger partial charge in [0.15, 0.2) is 0 Å². The molecule has 0 bridgehead atoms. The molecule has 3 aromatic carbocycles. The van der Waals surface area contributed by atoms with Crippen LogP contribution in [-0.4, -0.2) is 16.8 Å². The Morgan fingerprint density at radius 3 is 2.38 bits per heavy atom. The summed E-state index contributed by atoms with van der Waals surface area (Å²) in [7, 11) is 0. The molecular weight excluding hydrogens is 320 g/mol. The van der Waals surface area contributed by atoms with Crippen LogP contribution in [0.4, 0.5) is 11.4 Å². The van der Waals surface area contributed by atoms with E-state index in [1.165, 1.54) is 11.1 Å². The van der Waals surface area contributed by atoms with Gasteiger partial charge in [0.25, 0.3) is 0 Å². The average molecular weight is 342 g/mol. The van der Waals surface area contributed by atoms with Gasteiger partial charge < -0.3 is 10.0 Å². The molecule has 0 saturated heterocycles. The maximum atomic E-state index is 10.2. The minimum absolute atomic E-state index is 0.0880. The van der Waals surface area contributed by atoms with E-state index in [0.717, 1.165) is 38.7 Å². The van der Waals surface area contributed by atoms with Crippen LogP contribution in [0.5, 0.6) is 0 Å². The van der Waals surface area contributed by atoms with Gasteiger partial charge in [0.2, 0.25) is 0 Å². The molecule has 1 aromatic heterocycles. The molecule has 1 heterocycles. The summed E-state index contributed by atoms with van der Waals surface area (Å²) >= 11 is 0. The van der Waals surface area contributed by atoms with Crippen LogP contribution >= 0.6 is 0 Å². The van der Waals surface area contributed by atoms with Crippen molar-refractivity contribution in [1.29, 1.82) is 0 Å². The van der Waals surface area contributed by atoms with E-state index in [2.05, 4.69) is 51.1 Å². The number of hydrogen-bond donors (Lipinski definition) is 1. The lowest BCUT2D eigenvalue weighted by Gasteiger charge is -2.27. The number of aliphatic hydroxyl groups excluding tert-OH is 1. The summed E-state index contributed by atoms with van der Waals surface area (Å²) in [6.45, 7) is 6.21. The first-order valence-electron chi connectivity index (χ1n) is 8.83. The van der Waals surface area contributed by atoms with Crippen LogP contribution in [0.15, 0.2) is 60.7 Å². The van der Waals surface area contributed by atoms with Gasteiger partial charge in [-0.3, -0.25) is 0 Å². The zero-order valence-electron chi connectivity index (χ0n) is 15.3. The fourth-order valence-electron chi connectivity index (χ4n) is 3.55. The van der Waals surface area contributed by atoms with Gasteiger partial charge >= 0.3 is 0 Å². The molecule has 0 saturated carbocycles. The third kappa shape index (κ3) is 2.71. The van der Waals surface area contributed by atoms with Crippen molar-refractivity contribution in [3.05, 3.63) is 77.4 Å². The Kier molecular flexibility index (Phi) is 4.09. The summed E-state index contributed by atoms with van der Waals surface area (Å²) in [6.07, 6.45) is 0. The number of rotatable bonds is 3. The van der Waals surface area contributed by atoms with Crippen LogP contribution in [0, 0.1) is 20.8 Å². The maximum Gasteiger partial charge on any atom is 0.120 e. The summed E-state index contributed by atoms with van der Waals surface area (Å²) in [5, 5.41) is 12.3. The maximum absolute atomic E-state index is 10.2. The molecular formula is C23H22N2O. The van der Waals surface area contributed by atoms with Crippen LogP contribution in [-0.2, 0) is 0 Å². The number of aliphatic hydroxyl groups is 1. The Labute approximate surface area is 153 Å². The van der Waals surface area contributed by atoms with Crippen molar-refractivity contribution >= 4 is 33.2 Å². The number of para-hydroxylation sites is 1. The lowest BCUT2D eigenvalue weighted by Crippen LogP contribution is -2.19. The molecule has 4 rings (SSSR count). The van der Waals surface area contributed by atoms with Crippen LogP contribution in [0.25, 0.3) is 21.8 Å². The minimum atomic E-state index is -0.0880. The first kappa shape index (κ1) is 16.6. The Morgan fingerprint density at radius 1 is 0.885 bits per heavy atom. The van der Waals surface area contributed by atoms with Crippen molar-refractivity contribution in [2.24, 2.45) is 0 Å². The molecule has 1 N–H and O–H groups in total. The molecule has 0 amide bonds. The lowest BCUT2D eigenvalue weighted by molar-refractivity contribution is 0.305. The van der Waals surface area contributed by atoms with Gasteiger partial charge in [0.1, 0.15) is 6.73 Å². The largest absolute Gasteiger partial charge is 0.376 e. The van der Waals surface area contributed by atoms with E-state index < -0.39 is 0 Å². The molecule has 0 aliphatic rings. The monoisotopic (exact) mass is 342 g/mol. The predicted molar refractivity (Wildman–Crippen MR) is 109 cm³/mol. The minimum Gasteiger partial charge on any atom is -0.376 e. The van der Waals surface area contributed by atoms with Crippen molar-refractivity contribution in [2.45, 2.75) is 20.8 Å².